The number of aryl methyl sites for hydroxylation is 1. The van der Waals surface area contributed by atoms with E-state index >= 15 is 0 Å². The summed E-state index contributed by atoms with van der Waals surface area (Å²) in [5.41, 5.74) is 2.04. The van der Waals surface area contributed by atoms with Gasteiger partial charge in [0.25, 0.3) is 5.91 Å². The van der Waals surface area contributed by atoms with Gasteiger partial charge in [0.05, 0.1) is 12.2 Å². The average molecular weight is 357 g/mol. The third-order valence-electron chi connectivity index (χ3n) is 3.83. The SMILES string of the molecule is Cn1nccc1CNC(=O)c1cccc(COc2ccc(F)cc2F)c1. The monoisotopic (exact) mass is 357 g/mol. The topological polar surface area (TPSA) is 56.2 Å². The first-order valence-corrected chi connectivity index (χ1v) is 7.95. The van der Waals surface area contributed by atoms with Gasteiger partial charge in [0.1, 0.15) is 12.4 Å². The lowest BCUT2D eigenvalue weighted by molar-refractivity contribution is 0.0950. The number of nitrogens with zero attached hydrogens (tertiary/aromatic N) is 2. The van der Waals surface area contributed by atoms with E-state index in [1.165, 1.54) is 6.07 Å². The molecular formula is C19H17F2N3O2. The van der Waals surface area contributed by atoms with Crippen molar-refractivity contribution in [1.82, 2.24) is 15.1 Å². The van der Waals surface area contributed by atoms with Gasteiger partial charge in [0.15, 0.2) is 11.6 Å². The van der Waals surface area contributed by atoms with Crippen molar-refractivity contribution in [2.45, 2.75) is 13.2 Å². The number of amides is 1. The highest BCUT2D eigenvalue weighted by Crippen LogP contribution is 2.19. The molecule has 2 aromatic carbocycles. The number of aromatic nitrogens is 2. The van der Waals surface area contributed by atoms with Crippen LogP contribution in [0.2, 0.25) is 0 Å². The van der Waals surface area contributed by atoms with Crippen LogP contribution in [0.4, 0.5) is 8.78 Å². The molecule has 5 nitrogen and oxygen atoms in total. The normalized spacial score (nSPS) is 10.6. The van der Waals surface area contributed by atoms with Crippen molar-refractivity contribution in [3.05, 3.63) is 83.2 Å². The fourth-order valence-corrected chi connectivity index (χ4v) is 2.40. The first kappa shape index (κ1) is 17.6. The van der Waals surface area contributed by atoms with Crippen LogP contribution >= 0.6 is 0 Å². The maximum atomic E-state index is 13.6. The van der Waals surface area contributed by atoms with Gasteiger partial charge in [-0.3, -0.25) is 9.48 Å². The summed E-state index contributed by atoms with van der Waals surface area (Å²) in [5, 5.41) is 6.86. The smallest absolute Gasteiger partial charge is 0.251 e. The molecule has 0 fully saturated rings. The summed E-state index contributed by atoms with van der Waals surface area (Å²) >= 11 is 0. The molecule has 3 aromatic rings. The predicted molar refractivity (Wildman–Crippen MR) is 91.5 cm³/mol. The van der Waals surface area contributed by atoms with E-state index in [-0.39, 0.29) is 18.3 Å². The molecule has 1 amide bonds. The molecule has 0 saturated carbocycles. The number of hydrogen-bond donors (Lipinski definition) is 1. The van der Waals surface area contributed by atoms with Gasteiger partial charge < -0.3 is 10.1 Å². The van der Waals surface area contributed by atoms with Crippen molar-refractivity contribution < 1.29 is 18.3 Å². The van der Waals surface area contributed by atoms with E-state index in [1.807, 2.05) is 6.07 Å². The van der Waals surface area contributed by atoms with E-state index < -0.39 is 11.6 Å². The van der Waals surface area contributed by atoms with E-state index in [4.69, 9.17) is 4.74 Å². The Bertz CT molecular complexity index is 925. The second kappa shape index (κ2) is 7.77. The van der Waals surface area contributed by atoms with Crippen LogP contribution in [0.3, 0.4) is 0 Å². The molecule has 0 saturated heterocycles. The number of rotatable bonds is 6. The quantitative estimate of drug-likeness (QED) is 0.737. The maximum absolute atomic E-state index is 13.6. The third-order valence-corrected chi connectivity index (χ3v) is 3.83. The summed E-state index contributed by atoms with van der Waals surface area (Å²) < 4.78 is 33.5. The zero-order chi connectivity index (χ0) is 18.5. The van der Waals surface area contributed by atoms with Crippen molar-refractivity contribution >= 4 is 5.91 Å². The van der Waals surface area contributed by atoms with E-state index in [0.29, 0.717) is 17.7 Å². The van der Waals surface area contributed by atoms with Gasteiger partial charge in [-0.05, 0) is 35.9 Å². The zero-order valence-corrected chi connectivity index (χ0v) is 14.1. The Kier molecular flexibility index (Phi) is 5.26. The first-order chi connectivity index (χ1) is 12.5. The molecule has 0 atom stereocenters. The number of carbonyl (C=O) groups is 1. The van der Waals surface area contributed by atoms with E-state index in [0.717, 1.165) is 17.8 Å². The molecule has 0 aliphatic heterocycles. The average Bonchev–Trinajstić information content (AvgIpc) is 3.04. The van der Waals surface area contributed by atoms with Gasteiger partial charge in [0, 0.05) is 24.9 Å². The summed E-state index contributed by atoms with van der Waals surface area (Å²) in [4.78, 5) is 12.3. The van der Waals surface area contributed by atoms with Gasteiger partial charge in [-0.25, -0.2) is 8.78 Å². The first-order valence-electron chi connectivity index (χ1n) is 7.95. The van der Waals surface area contributed by atoms with Crippen molar-refractivity contribution in [1.29, 1.82) is 0 Å². The van der Waals surface area contributed by atoms with E-state index in [9.17, 15) is 13.6 Å². The highest BCUT2D eigenvalue weighted by atomic mass is 19.1. The van der Waals surface area contributed by atoms with Gasteiger partial charge in [-0.1, -0.05) is 12.1 Å². The highest BCUT2D eigenvalue weighted by Gasteiger charge is 2.09. The molecule has 0 radical (unpaired) electrons. The van der Waals surface area contributed by atoms with Crippen molar-refractivity contribution in [2.24, 2.45) is 7.05 Å². The van der Waals surface area contributed by atoms with Gasteiger partial charge in [-0.2, -0.15) is 5.10 Å². The van der Waals surface area contributed by atoms with Gasteiger partial charge in [0.2, 0.25) is 0 Å². The fraction of sp³-hybridized carbons (Fsp3) is 0.158. The van der Waals surface area contributed by atoms with Crippen LogP contribution in [0.1, 0.15) is 21.6 Å². The van der Waals surface area contributed by atoms with Crippen LogP contribution in [0.5, 0.6) is 5.75 Å². The van der Waals surface area contributed by atoms with Gasteiger partial charge in [-0.15, -0.1) is 0 Å². The van der Waals surface area contributed by atoms with Crippen LogP contribution in [-0.4, -0.2) is 15.7 Å². The number of halogens is 2. The maximum Gasteiger partial charge on any atom is 0.251 e. The Hall–Kier alpha value is -3.22. The summed E-state index contributed by atoms with van der Waals surface area (Å²) in [6, 6.07) is 11.8. The predicted octanol–water partition coefficient (Wildman–Crippen LogP) is 3.21. The molecule has 3 rings (SSSR count). The summed E-state index contributed by atoms with van der Waals surface area (Å²) in [5.74, 6) is -1.71. The zero-order valence-electron chi connectivity index (χ0n) is 14.1. The van der Waals surface area contributed by atoms with Crippen molar-refractivity contribution in [3.63, 3.8) is 0 Å². The largest absolute Gasteiger partial charge is 0.486 e. The van der Waals surface area contributed by atoms with E-state index in [1.54, 1.807) is 42.2 Å². The van der Waals surface area contributed by atoms with Crippen molar-refractivity contribution in [3.8, 4) is 5.75 Å². The Balaban J connectivity index is 1.62. The Morgan fingerprint density at radius 2 is 2.04 bits per heavy atom. The minimum atomic E-state index is -0.768. The van der Waals surface area contributed by atoms with Crippen LogP contribution in [0, 0.1) is 11.6 Å². The molecule has 0 spiro atoms. The highest BCUT2D eigenvalue weighted by molar-refractivity contribution is 5.94. The number of hydrogen-bond acceptors (Lipinski definition) is 3. The lowest BCUT2D eigenvalue weighted by Crippen LogP contribution is -2.24. The minimum absolute atomic E-state index is 0.0440. The molecule has 1 aromatic heterocycles. The Morgan fingerprint density at radius 1 is 1.19 bits per heavy atom. The molecule has 0 unspecified atom stereocenters. The molecule has 7 heteroatoms. The molecule has 1 N–H and O–H groups in total. The Labute approximate surface area is 149 Å². The standard InChI is InChI=1S/C19H17F2N3O2/c1-24-16(7-8-23-24)11-22-19(25)14-4-2-3-13(9-14)12-26-18-6-5-15(20)10-17(18)21/h2-10H,11-12H2,1H3,(H,22,25). The van der Waals surface area contributed by atoms with Crippen LogP contribution in [0.15, 0.2) is 54.7 Å². The second-order valence-corrected chi connectivity index (χ2v) is 5.69. The number of ether oxygens (including phenoxy) is 1. The third kappa shape index (κ3) is 4.24. The molecular weight excluding hydrogens is 340 g/mol. The van der Waals surface area contributed by atoms with Gasteiger partial charge >= 0.3 is 0 Å². The number of nitrogens with one attached hydrogen (secondary N) is 1. The summed E-state index contributed by atoms with van der Waals surface area (Å²) in [6.45, 7) is 0.419. The van der Waals surface area contributed by atoms with E-state index in [2.05, 4.69) is 10.4 Å². The molecule has 134 valence electrons. The lowest BCUT2D eigenvalue weighted by Gasteiger charge is -2.09. The fourth-order valence-electron chi connectivity index (χ4n) is 2.40. The summed E-state index contributed by atoms with van der Waals surface area (Å²) in [6.07, 6.45) is 1.66. The lowest BCUT2D eigenvalue weighted by atomic mass is 10.1. The number of carbonyl (C=O) groups excluding carboxylic acids is 1. The van der Waals surface area contributed by atoms with Crippen molar-refractivity contribution in [2.75, 3.05) is 0 Å². The van der Waals surface area contributed by atoms with Crippen LogP contribution in [0.25, 0.3) is 0 Å². The molecule has 0 bridgehead atoms. The van der Waals surface area contributed by atoms with Crippen LogP contribution < -0.4 is 10.1 Å². The summed E-state index contributed by atoms with van der Waals surface area (Å²) in [7, 11) is 1.80. The minimum Gasteiger partial charge on any atom is -0.486 e. The molecule has 1 heterocycles. The molecule has 0 aliphatic carbocycles. The molecule has 26 heavy (non-hydrogen) atoms. The molecule has 0 aliphatic rings. The Morgan fingerprint density at radius 3 is 2.77 bits per heavy atom. The van der Waals surface area contributed by atoms with Crippen LogP contribution in [-0.2, 0) is 20.2 Å². The second-order valence-electron chi connectivity index (χ2n) is 5.69. The number of benzene rings is 2.